The molecular weight excluding hydrogens is 386 g/mol. The first-order valence-electron chi connectivity index (χ1n) is 7.92. The first-order valence-corrected chi connectivity index (χ1v) is 8.71. The van der Waals surface area contributed by atoms with Crippen molar-refractivity contribution in [2.75, 3.05) is 18.6 Å². The van der Waals surface area contributed by atoms with Crippen LogP contribution in [0.2, 0.25) is 0 Å². The van der Waals surface area contributed by atoms with Crippen LogP contribution < -0.4 is 14.4 Å². The largest absolute Gasteiger partial charge is 0.493 e. The lowest BCUT2D eigenvalue weighted by molar-refractivity contribution is -0.114. The first-order chi connectivity index (χ1) is 12.0. The van der Waals surface area contributed by atoms with E-state index in [9.17, 15) is 9.59 Å². The SMILES string of the molecule is CCOc1ccc(CN2C(=O)C(=O)c3cc(Br)cc(C)c32)cc1OC. The van der Waals surface area contributed by atoms with Crippen LogP contribution >= 0.6 is 15.9 Å². The number of fused-ring (bicyclic) bond motifs is 1. The van der Waals surface area contributed by atoms with Crippen LogP contribution in [0.3, 0.4) is 0 Å². The fraction of sp³-hybridized carbons (Fsp3) is 0.263. The molecule has 25 heavy (non-hydrogen) atoms. The molecule has 2 aromatic carbocycles. The Kier molecular flexibility index (Phi) is 4.81. The molecule has 0 radical (unpaired) electrons. The summed E-state index contributed by atoms with van der Waals surface area (Å²) in [5.41, 5.74) is 2.85. The van der Waals surface area contributed by atoms with Crippen molar-refractivity contribution in [3.8, 4) is 11.5 Å². The maximum Gasteiger partial charge on any atom is 0.299 e. The van der Waals surface area contributed by atoms with Gasteiger partial charge in [0.25, 0.3) is 11.7 Å². The highest BCUT2D eigenvalue weighted by Gasteiger charge is 2.37. The Labute approximate surface area is 154 Å². The lowest BCUT2D eigenvalue weighted by atomic mass is 10.1. The van der Waals surface area contributed by atoms with Crippen LogP contribution in [0.4, 0.5) is 5.69 Å². The number of hydrogen-bond donors (Lipinski definition) is 0. The van der Waals surface area contributed by atoms with Crippen LogP contribution in [0, 0.1) is 6.92 Å². The molecule has 3 rings (SSSR count). The number of Topliss-reactive ketones (excluding diaryl/α,β-unsaturated/α-hetero) is 1. The topological polar surface area (TPSA) is 55.8 Å². The van der Waals surface area contributed by atoms with Crippen LogP contribution in [0.15, 0.2) is 34.8 Å². The van der Waals surface area contributed by atoms with Crippen molar-refractivity contribution >= 4 is 33.3 Å². The molecule has 1 heterocycles. The minimum absolute atomic E-state index is 0.294. The summed E-state index contributed by atoms with van der Waals surface area (Å²) in [6, 6.07) is 9.11. The Balaban J connectivity index is 1.97. The lowest BCUT2D eigenvalue weighted by Gasteiger charge is -2.19. The van der Waals surface area contributed by atoms with Gasteiger partial charge in [0.1, 0.15) is 0 Å². The van der Waals surface area contributed by atoms with E-state index < -0.39 is 11.7 Å². The molecule has 0 aromatic heterocycles. The fourth-order valence-corrected chi connectivity index (χ4v) is 3.60. The molecule has 5 nitrogen and oxygen atoms in total. The number of anilines is 1. The van der Waals surface area contributed by atoms with Gasteiger partial charge >= 0.3 is 0 Å². The maximum absolute atomic E-state index is 12.5. The summed E-state index contributed by atoms with van der Waals surface area (Å²) < 4.78 is 11.7. The molecule has 0 N–H and O–H groups in total. The highest BCUT2D eigenvalue weighted by molar-refractivity contribution is 9.10. The van der Waals surface area contributed by atoms with Crippen molar-refractivity contribution in [1.29, 1.82) is 0 Å². The van der Waals surface area contributed by atoms with Crippen molar-refractivity contribution in [3.05, 3.63) is 51.5 Å². The third kappa shape index (κ3) is 3.14. The molecule has 2 aromatic rings. The minimum atomic E-state index is -0.510. The molecule has 130 valence electrons. The van der Waals surface area contributed by atoms with E-state index >= 15 is 0 Å². The molecule has 0 fully saturated rings. The van der Waals surface area contributed by atoms with Crippen molar-refractivity contribution in [2.24, 2.45) is 0 Å². The van der Waals surface area contributed by atoms with Crippen LogP contribution in [0.1, 0.15) is 28.4 Å². The van der Waals surface area contributed by atoms with Crippen molar-refractivity contribution in [1.82, 2.24) is 0 Å². The average Bonchev–Trinajstić information content (AvgIpc) is 2.81. The van der Waals surface area contributed by atoms with Gasteiger partial charge in [-0.05, 0) is 49.2 Å². The number of carbonyl (C=O) groups is 2. The zero-order valence-corrected chi connectivity index (χ0v) is 15.8. The van der Waals surface area contributed by atoms with Crippen LogP contribution in [0.5, 0.6) is 11.5 Å². The second-order valence-electron chi connectivity index (χ2n) is 5.76. The molecule has 0 unspecified atom stereocenters. The third-order valence-electron chi connectivity index (χ3n) is 4.09. The van der Waals surface area contributed by atoms with Crippen LogP contribution in [-0.2, 0) is 11.3 Å². The summed E-state index contributed by atoms with van der Waals surface area (Å²) >= 11 is 3.38. The molecule has 6 heteroatoms. The number of rotatable bonds is 5. The molecule has 0 bridgehead atoms. The quantitative estimate of drug-likeness (QED) is 0.710. The predicted octanol–water partition coefficient (Wildman–Crippen LogP) is 3.89. The molecule has 1 aliphatic rings. The number of nitrogens with zero attached hydrogens (tertiary/aromatic N) is 1. The summed E-state index contributed by atoms with van der Waals surface area (Å²) in [7, 11) is 1.57. The maximum atomic E-state index is 12.5. The standard InChI is InChI=1S/C19H18BrNO4/c1-4-25-15-6-5-12(8-16(15)24-3)10-21-17-11(2)7-13(20)9-14(17)18(22)19(21)23/h5-9H,4,10H2,1-3H3. The molecular formula is C19H18BrNO4. The Morgan fingerprint density at radius 2 is 1.88 bits per heavy atom. The number of methoxy groups -OCH3 is 1. The average molecular weight is 404 g/mol. The number of aryl methyl sites for hydroxylation is 1. The number of halogens is 1. The van der Waals surface area contributed by atoms with Gasteiger partial charge in [0.15, 0.2) is 11.5 Å². The van der Waals surface area contributed by atoms with E-state index in [1.807, 2.05) is 38.1 Å². The van der Waals surface area contributed by atoms with Gasteiger partial charge in [-0.25, -0.2) is 0 Å². The van der Waals surface area contributed by atoms with E-state index in [0.29, 0.717) is 35.9 Å². The van der Waals surface area contributed by atoms with Gasteiger partial charge in [-0.15, -0.1) is 0 Å². The summed E-state index contributed by atoms with van der Waals surface area (Å²) in [4.78, 5) is 26.3. The summed E-state index contributed by atoms with van der Waals surface area (Å²) in [5.74, 6) is 0.268. The minimum Gasteiger partial charge on any atom is -0.493 e. The molecule has 1 aliphatic heterocycles. The van der Waals surface area contributed by atoms with Gasteiger partial charge in [0, 0.05) is 4.47 Å². The van der Waals surface area contributed by atoms with Crippen molar-refractivity contribution in [2.45, 2.75) is 20.4 Å². The Bertz CT molecular complexity index is 863. The van der Waals surface area contributed by atoms with E-state index in [1.54, 1.807) is 13.2 Å². The predicted molar refractivity (Wildman–Crippen MR) is 98.6 cm³/mol. The number of benzene rings is 2. The van der Waals surface area contributed by atoms with E-state index in [1.165, 1.54) is 4.90 Å². The number of ketones is 1. The number of hydrogen-bond acceptors (Lipinski definition) is 4. The van der Waals surface area contributed by atoms with E-state index in [2.05, 4.69) is 15.9 Å². The molecule has 0 saturated heterocycles. The Morgan fingerprint density at radius 3 is 2.56 bits per heavy atom. The van der Waals surface area contributed by atoms with E-state index in [4.69, 9.17) is 9.47 Å². The Morgan fingerprint density at radius 1 is 1.12 bits per heavy atom. The zero-order valence-electron chi connectivity index (χ0n) is 14.3. The van der Waals surface area contributed by atoms with Gasteiger partial charge in [0.2, 0.25) is 0 Å². The van der Waals surface area contributed by atoms with Gasteiger partial charge in [-0.3, -0.25) is 9.59 Å². The second-order valence-corrected chi connectivity index (χ2v) is 6.67. The van der Waals surface area contributed by atoms with Gasteiger partial charge in [-0.1, -0.05) is 22.0 Å². The van der Waals surface area contributed by atoms with E-state index in [-0.39, 0.29) is 0 Å². The second kappa shape index (κ2) is 6.88. The van der Waals surface area contributed by atoms with Gasteiger partial charge in [0.05, 0.1) is 31.5 Å². The monoisotopic (exact) mass is 403 g/mol. The Hall–Kier alpha value is -2.34. The van der Waals surface area contributed by atoms with Crippen molar-refractivity contribution < 1.29 is 19.1 Å². The summed E-state index contributed by atoms with van der Waals surface area (Å²) in [5, 5.41) is 0. The number of carbonyl (C=O) groups excluding carboxylic acids is 2. The smallest absolute Gasteiger partial charge is 0.299 e. The van der Waals surface area contributed by atoms with Gasteiger partial charge in [-0.2, -0.15) is 0 Å². The molecule has 0 saturated carbocycles. The van der Waals surface area contributed by atoms with Gasteiger partial charge < -0.3 is 14.4 Å². The number of ether oxygens (including phenoxy) is 2. The molecule has 0 aliphatic carbocycles. The normalized spacial score (nSPS) is 13.2. The number of amides is 1. The first kappa shape index (κ1) is 17.5. The zero-order chi connectivity index (χ0) is 18.1. The van der Waals surface area contributed by atoms with Crippen molar-refractivity contribution in [3.63, 3.8) is 0 Å². The summed E-state index contributed by atoms with van der Waals surface area (Å²) in [6.07, 6.45) is 0. The summed E-state index contributed by atoms with van der Waals surface area (Å²) in [6.45, 7) is 4.63. The van der Waals surface area contributed by atoms with Crippen LogP contribution in [0.25, 0.3) is 0 Å². The third-order valence-corrected chi connectivity index (χ3v) is 4.55. The highest BCUT2D eigenvalue weighted by Crippen LogP contribution is 2.37. The van der Waals surface area contributed by atoms with Crippen LogP contribution in [-0.4, -0.2) is 25.4 Å². The molecule has 0 spiro atoms. The van der Waals surface area contributed by atoms with E-state index in [0.717, 1.165) is 15.6 Å². The molecule has 0 atom stereocenters. The fourth-order valence-electron chi connectivity index (χ4n) is 3.02. The molecule has 1 amide bonds. The highest BCUT2D eigenvalue weighted by atomic mass is 79.9. The lowest BCUT2D eigenvalue weighted by Crippen LogP contribution is -2.29.